The van der Waals surface area contributed by atoms with Crippen LogP contribution in [-0.4, -0.2) is 15.1 Å². The minimum Gasteiger partial charge on any atom is -0.673 e. The summed E-state index contributed by atoms with van der Waals surface area (Å²) in [5, 5.41) is 0. The first-order chi connectivity index (χ1) is 6.31. The van der Waals surface area contributed by atoms with Gasteiger partial charge >= 0.3 is 21.7 Å². The zero-order valence-electron chi connectivity index (χ0n) is 12.9. The molecule has 1 aliphatic rings. The molecule has 0 aromatic carbocycles. The molecule has 0 fully saturated rings. The Morgan fingerprint density at radius 1 is 1.24 bits per heavy atom. The number of hydrogen-bond acceptors (Lipinski definition) is 0. The van der Waals surface area contributed by atoms with E-state index in [1.807, 2.05) is 20.8 Å². The van der Waals surface area contributed by atoms with Gasteiger partial charge in [0, 0.05) is 9.52 Å². The van der Waals surface area contributed by atoms with E-state index < -0.39 is 0 Å². The summed E-state index contributed by atoms with van der Waals surface area (Å²) in [6.07, 6.45) is 8.33. The maximum Gasteiger partial charge on any atom is 4.00 e. The van der Waals surface area contributed by atoms with Gasteiger partial charge in [-0.05, 0) is 0 Å². The molecule has 0 unspecified atom stereocenters. The summed E-state index contributed by atoms with van der Waals surface area (Å²) in [4.78, 5) is 0. The first kappa shape index (κ1) is 30.4. The number of hydrogen-bond donors (Lipinski definition) is 0. The zero-order valence-corrected chi connectivity index (χ0v) is 15.7. The van der Waals surface area contributed by atoms with Crippen LogP contribution in [0.25, 0.3) is 5.73 Å². The van der Waals surface area contributed by atoms with E-state index in [1.54, 1.807) is 0 Å². The van der Waals surface area contributed by atoms with Crippen molar-refractivity contribution in [2.45, 2.75) is 52.7 Å². The van der Waals surface area contributed by atoms with Crippen LogP contribution in [0.3, 0.4) is 0 Å². The van der Waals surface area contributed by atoms with Crippen LogP contribution in [0.15, 0.2) is 17.7 Å². The average Bonchev–Trinajstić information content (AvgIpc) is 2.37. The molecule has 17 heavy (non-hydrogen) atoms. The van der Waals surface area contributed by atoms with Gasteiger partial charge in [-0.2, -0.15) is 6.08 Å². The molecule has 3 heteroatoms. The van der Waals surface area contributed by atoms with Crippen molar-refractivity contribution < 1.29 is 21.7 Å². The van der Waals surface area contributed by atoms with Crippen LogP contribution < -0.4 is 0 Å². The van der Waals surface area contributed by atoms with Gasteiger partial charge in [0.25, 0.3) is 0 Å². The Balaban J connectivity index is -0.0000000409. The molecule has 0 aliphatic heterocycles. The normalized spacial score (nSPS) is 11.1. The Bertz CT molecular complexity index is 172. The SMILES string of the molecule is CC(C)(C)[NH-].CC1=[C-]CC=C1.C[SiH]C.[CH3-].[CH3-].[Ti+4]. The number of allylic oxidation sites excluding steroid dienone is 4. The second kappa shape index (κ2) is 18.7. The molecule has 0 bridgehead atoms. The van der Waals surface area contributed by atoms with E-state index in [4.69, 9.17) is 5.73 Å². The van der Waals surface area contributed by atoms with Crippen LogP contribution in [0.5, 0.6) is 0 Å². The first-order valence-electron chi connectivity index (χ1n) is 5.04. The predicted octanol–water partition coefficient (Wildman–Crippen LogP) is 4.95. The molecule has 0 atom stereocenters. The monoisotopic (exact) mass is 288 g/mol. The fourth-order valence-corrected chi connectivity index (χ4v) is 0.515. The maximum absolute atomic E-state index is 6.94. The Morgan fingerprint density at radius 3 is 1.59 bits per heavy atom. The topological polar surface area (TPSA) is 23.8 Å². The zero-order chi connectivity index (χ0) is 11.6. The van der Waals surface area contributed by atoms with Gasteiger partial charge in [0.15, 0.2) is 0 Å². The third kappa shape index (κ3) is 62.2. The minimum absolute atomic E-state index is 0. The second-order valence-electron chi connectivity index (χ2n) is 4.29. The molecular formula is C14H30NSiTi. The molecule has 1 nitrogen and oxygen atoms in total. The van der Waals surface area contributed by atoms with Gasteiger partial charge in [-0.3, -0.25) is 6.08 Å². The Hall–Kier alpha value is 0.371. The maximum atomic E-state index is 6.94. The molecule has 1 N–H and O–H groups in total. The van der Waals surface area contributed by atoms with E-state index in [2.05, 4.69) is 38.2 Å². The summed E-state index contributed by atoms with van der Waals surface area (Å²) in [5.74, 6) is 0. The predicted molar refractivity (Wildman–Crippen MR) is 82.0 cm³/mol. The van der Waals surface area contributed by atoms with Crippen molar-refractivity contribution in [3.8, 4) is 0 Å². The Labute approximate surface area is 128 Å². The molecule has 99 valence electrons. The van der Waals surface area contributed by atoms with E-state index in [9.17, 15) is 0 Å². The molecule has 1 radical (unpaired) electrons. The summed E-state index contributed by atoms with van der Waals surface area (Å²) in [5.41, 5.74) is 7.96. The third-order valence-electron chi connectivity index (χ3n) is 0.867. The van der Waals surface area contributed by atoms with Crippen LogP contribution in [0.4, 0.5) is 0 Å². The van der Waals surface area contributed by atoms with Gasteiger partial charge < -0.3 is 20.6 Å². The first-order valence-corrected chi connectivity index (χ1v) is 7.35. The van der Waals surface area contributed by atoms with Crippen molar-refractivity contribution >= 4 is 9.52 Å². The van der Waals surface area contributed by atoms with Crippen molar-refractivity contribution in [2.24, 2.45) is 0 Å². The standard InChI is InChI=1S/C6H7.C4H10N.C2H7Si.2CH3.Ti/c1-6-4-2-3-5-6;1-4(2,3)5;1-3-2;;;/h2,4H,3H2,1H3;5H,1-3H3;3H,1-2H3;2*1H3;/q2*-1;;2*-1;+4. The largest absolute Gasteiger partial charge is 4.00 e. The molecule has 0 spiro atoms. The van der Waals surface area contributed by atoms with Crippen LogP contribution >= 0.6 is 0 Å². The van der Waals surface area contributed by atoms with Crippen molar-refractivity contribution in [2.75, 3.05) is 0 Å². The van der Waals surface area contributed by atoms with E-state index >= 15 is 0 Å². The Kier molecular flexibility index (Phi) is 33.5. The summed E-state index contributed by atoms with van der Waals surface area (Å²) in [6, 6.07) is 0. The fraction of sp³-hybridized carbons (Fsp3) is 0.571. The fourth-order valence-electron chi connectivity index (χ4n) is 0.515. The second-order valence-corrected chi connectivity index (χ2v) is 5.45. The van der Waals surface area contributed by atoms with Crippen LogP contribution in [-0.2, 0) is 21.7 Å². The molecule has 0 heterocycles. The number of nitrogens with one attached hydrogen (secondary N) is 1. The molecule has 0 saturated carbocycles. The Morgan fingerprint density at radius 2 is 1.53 bits per heavy atom. The summed E-state index contributed by atoms with van der Waals surface area (Å²) < 4.78 is 0. The van der Waals surface area contributed by atoms with Gasteiger partial charge in [-0.15, -0.1) is 12.0 Å². The minimum atomic E-state index is -0.250. The molecule has 0 saturated heterocycles. The van der Waals surface area contributed by atoms with E-state index in [1.165, 1.54) is 5.57 Å². The van der Waals surface area contributed by atoms with Gasteiger partial charge in [0.2, 0.25) is 0 Å². The summed E-state index contributed by atoms with van der Waals surface area (Å²) in [6.45, 7) is 12.0. The summed E-state index contributed by atoms with van der Waals surface area (Å²) in [7, 11) is 0.750. The molecule has 0 amide bonds. The van der Waals surface area contributed by atoms with E-state index in [-0.39, 0.29) is 42.1 Å². The van der Waals surface area contributed by atoms with Gasteiger partial charge in [-0.25, -0.2) is 11.6 Å². The molecule has 1 aliphatic carbocycles. The van der Waals surface area contributed by atoms with E-state index in [0.717, 1.165) is 15.9 Å². The molecule has 1 rings (SSSR count). The van der Waals surface area contributed by atoms with Crippen molar-refractivity contribution in [3.05, 3.63) is 44.4 Å². The quantitative estimate of drug-likeness (QED) is 0.445. The molecular weight excluding hydrogens is 258 g/mol. The smallest absolute Gasteiger partial charge is 0.673 e. The van der Waals surface area contributed by atoms with Gasteiger partial charge in [-0.1, -0.05) is 40.8 Å². The third-order valence-corrected chi connectivity index (χ3v) is 0.867. The van der Waals surface area contributed by atoms with Crippen molar-refractivity contribution in [1.82, 2.24) is 0 Å². The van der Waals surface area contributed by atoms with Crippen molar-refractivity contribution in [1.29, 1.82) is 0 Å². The van der Waals surface area contributed by atoms with Crippen LogP contribution in [0.2, 0.25) is 13.1 Å². The average molecular weight is 288 g/mol. The van der Waals surface area contributed by atoms with Gasteiger partial charge in [0.05, 0.1) is 0 Å². The van der Waals surface area contributed by atoms with Crippen LogP contribution in [0.1, 0.15) is 34.1 Å². The summed E-state index contributed by atoms with van der Waals surface area (Å²) >= 11 is 0. The van der Waals surface area contributed by atoms with E-state index in [0.29, 0.717) is 0 Å². The van der Waals surface area contributed by atoms with Crippen molar-refractivity contribution in [3.63, 3.8) is 0 Å². The van der Waals surface area contributed by atoms with Gasteiger partial charge in [0.1, 0.15) is 0 Å². The number of rotatable bonds is 0. The molecule has 0 aromatic heterocycles. The van der Waals surface area contributed by atoms with Crippen LogP contribution in [0, 0.1) is 20.9 Å². The molecule has 0 aromatic rings.